The molecule has 1 aromatic rings. The molecule has 1 heterocycles. The van der Waals surface area contributed by atoms with Gasteiger partial charge in [-0.2, -0.15) is 0 Å². The van der Waals surface area contributed by atoms with Gasteiger partial charge >= 0.3 is 0 Å². The summed E-state index contributed by atoms with van der Waals surface area (Å²) in [4.78, 5) is 1.24. The number of halogens is 1. The molecule has 4 heteroatoms. The topological polar surface area (TPSA) is 35.2 Å². The summed E-state index contributed by atoms with van der Waals surface area (Å²) in [6.07, 6.45) is 1.71. The summed E-state index contributed by atoms with van der Waals surface area (Å²) in [6.45, 7) is 4.10. The van der Waals surface area contributed by atoms with Crippen LogP contribution in [0.15, 0.2) is 12.1 Å². The first-order chi connectivity index (χ1) is 6.93. The van der Waals surface area contributed by atoms with Crippen LogP contribution in [0.1, 0.15) is 25.1 Å². The van der Waals surface area contributed by atoms with Gasteiger partial charge in [0.1, 0.15) is 0 Å². The van der Waals surface area contributed by atoms with Crippen LogP contribution in [0.4, 0.5) is 0 Å². The maximum absolute atomic E-state index is 6.06. The molecule has 1 atom stereocenters. The first-order valence-electron chi connectivity index (χ1n) is 4.98. The van der Waals surface area contributed by atoms with Gasteiger partial charge in [-0.3, -0.25) is 0 Å². The smallest absolute Gasteiger partial charge is 0.0931 e. The standard InChI is InChI=1S/C11H18ClNOS/c1-11(2,14-3)7-8(13)6-9-4-5-10(12)15-9/h4-5,8H,6-7,13H2,1-3H3. The molecule has 2 nitrogen and oxygen atoms in total. The van der Waals surface area contributed by atoms with Gasteiger partial charge in [-0.05, 0) is 38.8 Å². The third-order valence-corrected chi connectivity index (χ3v) is 3.65. The summed E-state index contributed by atoms with van der Waals surface area (Å²) in [5.74, 6) is 0. The van der Waals surface area contributed by atoms with Gasteiger partial charge < -0.3 is 10.5 Å². The molecule has 1 aromatic heterocycles. The van der Waals surface area contributed by atoms with Crippen LogP contribution < -0.4 is 5.73 Å². The number of rotatable bonds is 5. The highest BCUT2D eigenvalue weighted by Gasteiger charge is 2.20. The average molecular weight is 248 g/mol. The molecule has 15 heavy (non-hydrogen) atoms. The maximum atomic E-state index is 6.06. The van der Waals surface area contributed by atoms with Crippen LogP contribution in [-0.2, 0) is 11.2 Å². The Hall–Kier alpha value is -0.0900. The fourth-order valence-electron chi connectivity index (χ4n) is 1.51. The van der Waals surface area contributed by atoms with Crippen LogP contribution in [-0.4, -0.2) is 18.8 Å². The Morgan fingerprint density at radius 3 is 2.67 bits per heavy atom. The Bertz CT molecular complexity index is 311. The zero-order chi connectivity index (χ0) is 11.5. The molecule has 0 spiro atoms. The molecule has 0 aliphatic rings. The quantitative estimate of drug-likeness (QED) is 0.868. The molecule has 1 rings (SSSR count). The van der Waals surface area contributed by atoms with Crippen molar-refractivity contribution in [1.82, 2.24) is 0 Å². The normalized spacial score (nSPS) is 14.2. The number of methoxy groups -OCH3 is 1. The van der Waals surface area contributed by atoms with Crippen molar-refractivity contribution in [2.24, 2.45) is 5.73 Å². The Morgan fingerprint density at radius 2 is 2.20 bits per heavy atom. The van der Waals surface area contributed by atoms with Gasteiger partial charge in [0.25, 0.3) is 0 Å². The van der Waals surface area contributed by atoms with Crippen LogP contribution >= 0.6 is 22.9 Å². The van der Waals surface area contributed by atoms with Gasteiger partial charge in [-0.25, -0.2) is 0 Å². The van der Waals surface area contributed by atoms with Gasteiger partial charge in [0.15, 0.2) is 0 Å². The molecule has 0 aliphatic heterocycles. The summed E-state index contributed by atoms with van der Waals surface area (Å²) >= 11 is 7.45. The van der Waals surface area contributed by atoms with Crippen molar-refractivity contribution >= 4 is 22.9 Å². The van der Waals surface area contributed by atoms with Crippen molar-refractivity contribution in [2.75, 3.05) is 7.11 Å². The molecule has 0 aliphatic carbocycles. The molecular formula is C11H18ClNOS. The molecule has 0 aromatic carbocycles. The van der Waals surface area contributed by atoms with E-state index in [0.29, 0.717) is 0 Å². The average Bonchev–Trinajstić information content (AvgIpc) is 2.50. The lowest BCUT2D eigenvalue weighted by Crippen LogP contribution is -2.34. The third-order valence-electron chi connectivity index (χ3n) is 2.40. The van der Waals surface area contributed by atoms with Gasteiger partial charge in [-0.15, -0.1) is 11.3 Å². The monoisotopic (exact) mass is 247 g/mol. The number of hydrogen-bond acceptors (Lipinski definition) is 3. The summed E-state index contributed by atoms with van der Waals surface area (Å²) in [5.41, 5.74) is 5.91. The van der Waals surface area contributed by atoms with E-state index in [4.69, 9.17) is 22.1 Å². The van der Waals surface area contributed by atoms with Crippen LogP contribution in [0.25, 0.3) is 0 Å². The van der Waals surface area contributed by atoms with Gasteiger partial charge in [0, 0.05) is 18.0 Å². The van der Waals surface area contributed by atoms with Gasteiger partial charge in [0.05, 0.1) is 9.94 Å². The fraction of sp³-hybridized carbons (Fsp3) is 0.636. The van der Waals surface area contributed by atoms with Crippen molar-refractivity contribution in [3.63, 3.8) is 0 Å². The van der Waals surface area contributed by atoms with E-state index in [2.05, 4.69) is 0 Å². The SMILES string of the molecule is COC(C)(C)CC(N)Cc1ccc(Cl)s1. The molecular weight excluding hydrogens is 230 g/mol. The number of thiophene rings is 1. The predicted octanol–water partition coefficient (Wildman–Crippen LogP) is 3.09. The Morgan fingerprint density at radius 1 is 1.53 bits per heavy atom. The molecule has 0 amide bonds. The molecule has 0 radical (unpaired) electrons. The molecule has 0 bridgehead atoms. The highest BCUT2D eigenvalue weighted by atomic mass is 35.5. The number of nitrogens with two attached hydrogens (primary N) is 1. The summed E-state index contributed by atoms with van der Waals surface area (Å²) in [6, 6.07) is 4.07. The van der Waals surface area contributed by atoms with Crippen LogP contribution in [0.2, 0.25) is 4.34 Å². The fourth-order valence-corrected chi connectivity index (χ4v) is 2.69. The van der Waals surface area contributed by atoms with E-state index >= 15 is 0 Å². The first kappa shape index (κ1) is 13.0. The highest BCUT2D eigenvalue weighted by Crippen LogP contribution is 2.24. The third kappa shape index (κ3) is 4.51. The van der Waals surface area contributed by atoms with Crippen molar-refractivity contribution in [3.05, 3.63) is 21.3 Å². The van der Waals surface area contributed by atoms with E-state index in [1.54, 1.807) is 18.4 Å². The maximum Gasteiger partial charge on any atom is 0.0931 e. The number of ether oxygens (including phenoxy) is 1. The lowest BCUT2D eigenvalue weighted by molar-refractivity contribution is 0.0102. The number of hydrogen-bond donors (Lipinski definition) is 1. The van der Waals surface area contributed by atoms with E-state index in [0.717, 1.165) is 17.2 Å². The van der Waals surface area contributed by atoms with E-state index in [9.17, 15) is 0 Å². The van der Waals surface area contributed by atoms with E-state index < -0.39 is 0 Å². The van der Waals surface area contributed by atoms with E-state index in [-0.39, 0.29) is 11.6 Å². The molecule has 0 saturated heterocycles. The summed E-state index contributed by atoms with van der Waals surface area (Å²) in [5, 5.41) is 0. The minimum atomic E-state index is -0.152. The molecule has 86 valence electrons. The van der Waals surface area contributed by atoms with Crippen molar-refractivity contribution in [1.29, 1.82) is 0 Å². The zero-order valence-corrected chi connectivity index (χ0v) is 11.0. The lowest BCUT2D eigenvalue weighted by atomic mass is 9.97. The summed E-state index contributed by atoms with van der Waals surface area (Å²) in [7, 11) is 1.72. The minimum Gasteiger partial charge on any atom is -0.379 e. The van der Waals surface area contributed by atoms with E-state index in [1.807, 2.05) is 26.0 Å². The highest BCUT2D eigenvalue weighted by molar-refractivity contribution is 7.16. The van der Waals surface area contributed by atoms with Crippen molar-refractivity contribution in [3.8, 4) is 0 Å². The molecule has 0 saturated carbocycles. The Kier molecular flexibility index (Phi) is 4.59. The van der Waals surface area contributed by atoms with E-state index in [1.165, 1.54) is 4.88 Å². The zero-order valence-electron chi connectivity index (χ0n) is 9.42. The largest absolute Gasteiger partial charge is 0.379 e. The second kappa shape index (κ2) is 5.30. The molecule has 1 unspecified atom stereocenters. The Balaban J connectivity index is 2.46. The molecule has 2 N–H and O–H groups in total. The van der Waals surface area contributed by atoms with Crippen LogP contribution in [0, 0.1) is 0 Å². The second-order valence-corrected chi connectivity index (χ2v) is 6.14. The van der Waals surface area contributed by atoms with Gasteiger partial charge in [0.2, 0.25) is 0 Å². The molecule has 0 fully saturated rings. The van der Waals surface area contributed by atoms with Gasteiger partial charge in [-0.1, -0.05) is 11.6 Å². The van der Waals surface area contributed by atoms with Crippen molar-refractivity contribution in [2.45, 2.75) is 38.3 Å². The van der Waals surface area contributed by atoms with Crippen molar-refractivity contribution < 1.29 is 4.74 Å². The Labute approximate surface area is 100 Å². The predicted molar refractivity (Wildman–Crippen MR) is 66.7 cm³/mol. The lowest BCUT2D eigenvalue weighted by Gasteiger charge is -2.26. The minimum absolute atomic E-state index is 0.120. The van der Waals surface area contributed by atoms with Crippen LogP contribution in [0.3, 0.4) is 0 Å². The first-order valence-corrected chi connectivity index (χ1v) is 6.17. The summed E-state index contributed by atoms with van der Waals surface area (Å²) < 4.78 is 6.17. The second-order valence-electron chi connectivity index (χ2n) is 4.34. The van der Waals surface area contributed by atoms with Crippen LogP contribution in [0.5, 0.6) is 0 Å².